The van der Waals surface area contributed by atoms with Gasteiger partial charge in [0, 0.05) is 23.7 Å². The summed E-state index contributed by atoms with van der Waals surface area (Å²) in [6.45, 7) is 3.39. The number of aromatic nitrogens is 2. The van der Waals surface area contributed by atoms with Gasteiger partial charge in [-0.1, -0.05) is 5.16 Å². The van der Waals surface area contributed by atoms with Crippen molar-refractivity contribution < 1.29 is 18.8 Å². The molecule has 26 heavy (non-hydrogen) atoms. The standard InChI is InChI=1S/C19H17N3O4/c1-12(23)14-3-7-16(8-4-14)21-19(24)15-5-9-17(10-6-15)25-11-18-20-13(2)26-22-18/h3-10H,11H2,1-2H3,(H,21,24). The van der Waals surface area contributed by atoms with Gasteiger partial charge in [0.05, 0.1) is 0 Å². The van der Waals surface area contributed by atoms with Crippen molar-refractivity contribution in [2.24, 2.45) is 0 Å². The number of anilines is 1. The molecule has 0 saturated carbocycles. The zero-order chi connectivity index (χ0) is 18.5. The number of Topliss-reactive ketones (excluding diaryl/α,β-unsaturated/α-hetero) is 1. The normalized spacial score (nSPS) is 10.4. The molecule has 0 saturated heterocycles. The van der Waals surface area contributed by atoms with Crippen LogP contribution in [0.5, 0.6) is 5.75 Å². The van der Waals surface area contributed by atoms with Gasteiger partial charge in [-0.05, 0) is 55.5 Å². The van der Waals surface area contributed by atoms with Crippen LogP contribution in [-0.4, -0.2) is 21.8 Å². The quantitative estimate of drug-likeness (QED) is 0.684. The number of carbonyl (C=O) groups is 2. The maximum absolute atomic E-state index is 12.3. The predicted octanol–water partition coefficient (Wildman–Crippen LogP) is 3.41. The van der Waals surface area contributed by atoms with Gasteiger partial charge in [0.1, 0.15) is 5.75 Å². The van der Waals surface area contributed by atoms with E-state index < -0.39 is 0 Å². The Morgan fingerprint density at radius 3 is 2.27 bits per heavy atom. The van der Waals surface area contributed by atoms with E-state index in [-0.39, 0.29) is 18.3 Å². The summed E-state index contributed by atoms with van der Waals surface area (Å²) < 4.78 is 10.4. The average Bonchev–Trinajstić information content (AvgIpc) is 3.06. The minimum absolute atomic E-state index is 0.0190. The summed E-state index contributed by atoms with van der Waals surface area (Å²) in [7, 11) is 0. The van der Waals surface area contributed by atoms with E-state index in [1.54, 1.807) is 55.5 Å². The van der Waals surface area contributed by atoms with Gasteiger partial charge in [0.15, 0.2) is 12.4 Å². The SMILES string of the molecule is CC(=O)c1ccc(NC(=O)c2ccc(OCc3noc(C)n3)cc2)cc1. The van der Waals surface area contributed by atoms with E-state index in [0.717, 1.165) is 0 Å². The molecule has 0 fully saturated rings. The molecule has 2 aromatic carbocycles. The van der Waals surface area contributed by atoms with E-state index in [4.69, 9.17) is 9.26 Å². The molecule has 1 amide bonds. The third-order valence-electron chi connectivity index (χ3n) is 3.60. The van der Waals surface area contributed by atoms with Crippen LogP contribution in [0.15, 0.2) is 53.1 Å². The number of nitrogens with one attached hydrogen (secondary N) is 1. The number of aryl methyl sites for hydroxylation is 1. The van der Waals surface area contributed by atoms with Crippen LogP contribution in [0.3, 0.4) is 0 Å². The lowest BCUT2D eigenvalue weighted by atomic mass is 10.1. The minimum Gasteiger partial charge on any atom is -0.485 e. The summed E-state index contributed by atoms with van der Waals surface area (Å²) in [4.78, 5) is 27.6. The van der Waals surface area contributed by atoms with E-state index in [1.165, 1.54) is 6.92 Å². The first kappa shape index (κ1) is 17.3. The van der Waals surface area contributed by atoms with E-state index >= 15 is 0 Å². The highest BCUT2D eigenvalue weighted by Gasteiger charge is 2.08. The molecule has 0 aliphatic heterocycles. The van der Waals surface area contributed by atoms with Crippen molar-refractivity contribution >= 4 is 17.4 Å². The van der Waals surface area contributed by atoms with Crippen LogP contribution in [0.1, 0.15) is 39.4 Å². The highest BCUT2D eigenvalue weighted by atomic mass is 16.5. The topological polar surface area (TPSA) is 94.3 Å². The minimum atomic E-state index is -0.249. The lowest BCUT2D eigenvalue weighted by Crippen LogP contribution is -2.11. The van der Waals surface area contributed by atoms with Crippen molar-refractivity contribution in [2.75, 3.05) is 5.32 Å². The van der Waals surface area contributed by atoms with E-state index in [2.05, 4.69) is 15.5 Å². The number of ketones is 1. The van der Waals surface area contributed by atoms with Crippen molar-refractivity contribution in [2.45, 2.75) is 20.5 Å². The summed E-state index contributed by atoms with van der Waals surface area (Å²) in [6, 6.07) is 13.5. The summed E-state index contributed by atoms with van der Waals surface area (Å²) >= 11 is 0. The van der Waals surface area contributed by atoms with Crippen LogP contribution >= 0.6 is 0 Å². The van der Waals surface area contributed by atoms with Gasteiger partial charge in [-0.3, -0.25) is 9.59 Å². The third-order valence-corrected chi connectivity index (χ3v) is 3.60. The summed E-state index contributed by atoms with van der Waals surface area (Å²) in [5, 5.41) is 6.53. The maximum Gasteiger partial charge on any atom is 0.255 e. The number of nitrogens with zero attached hydrogens (tertiary/aromatic N) is 2. The predicted molar refractivity (Wildman–Crippen MR) is 94.2 cm³/mol. The Kier molecular flexibility index (Phi) is 5.07. The van der Waals surface area contributed by atoms with Crippen molar-refractivity contribution in [3.05, 3.63) is 71.4 Å². The molecule has 0 unspecified atom stereocenters. The Morgan fingerprint density at radius 1 is 1.04 bits per heavy atom. The summed E-state index contributed by atoms with van der Waals surface area (Å²) in [5.41, 5.74) is 1.71. The van der Waals surface area contributed by atoms with Crippen molar-refractivity contribution in [3.8, 4) is 5.75 Å². The first-order valence-corrected chi connectivity index (χ1v) is 7.95. The van der Waals surface area contributed by atoms with Crippen molar-refractivity contribution in [3.63, 3.8) is 0 Å². The average molecular weight is 351 g/mol. The number of ether oxygens (including phenoxy) is 1. The van der Waals surface area contributed by atoms with Gasteiger partial charge < -0.3 is 14.6 Å². The molecule has 1 N–H and O–H groups in total. The number of rotatable bonds is 6. The van der Waals surface area contributed by atoms with E-state index in [0.29, 0.717) is 34.3 Å². The molecule has 7 heteroatoms. The maximum atomic E-state index is 12.3. The molecule has 0 aliphatic carbocycles. The Morgan fingerprint density at radius 2 is 1.69 bits per heavy atom. The fraction of sp³-hybridized carbons (Fsp3) is 0.158. The molecular formula is C19H17N3O4. The molecule has 0 bridgehead atoms. The molecule has 1 heterocycles. The van der Waals surface area contributed by atoms with Crippen LogP contribution in [0.4, 0.5) is 5.69 Å². The summed E-state index contributed by atoms with van der Waals surface area (Å²) in [5.74, 6) is 1.26. The van der Waals surface area contributed by atoms with Crippen LogP contribution in [-0.2, 0) is 6.61 Å². The van der Waals surface area contributed by atoms with Gasteiger partial charge in [0.25, 0.3) is 5.91 Å². The van der Waals surface area contributed by atoms with Gasteiger partial charge in [-0.25, -0.2) is 0 Å². The second-order valence-electron chi connectivity index (χ2n) is 5.63. The summed E-state index contributed by atoms with van der Waals surface area (Å²) in [6.07, 6.45) is 0. The molecule has 1 aromatic heterocycles. The number of hydrogen-bond donors (Lipinski definition) is 1. The Balaban J connectivity index is 1.58. The zero-order valence-electron chi connectivity index (χ0n) is 14.4. The largest absolute Gasteiger partial charge is 0.485 e. The molecule has 0 aliphatic rings. The van der Waals surface area contributed by atoms with Gasteiger partial charge >= 0.3 is 0 Å². The molecule has 0 atom stereocenters. The van der Waals surface area contributed by atoms with Gasteiger partial charge in [-0.15, -0.1) is 0 Å². The van der Waals surface area contributed by atoms with Crippen LogP contribution in [0, 0.1) is 6.92 Å². The third kappa shape index (κ3) is 4.32. The van der Waals surface area contributed by atoms with Gasteiger partial charge in [0.2, 0.25) is 11.7 Å². The Hall–Kier alpha value is -3.48. The Labute approximate surface area is 150 Å². The zero-order valence-corrected chi connectivity index (χ0v) is 14.4. The number of amides is 1. The van der Waals surface area contributed by atoms with Crippen LogP contribution in [0.25, 0.3) is 0 Å². The highest BCUT2D eigenvalue weighted by Crippen LogP contribution is 2.16. The highest BCUT2D eigenvalue weighted by molar-refractivity contribution is 6.04. The Bertz CT molecular complexity index is 915. The lowest BCUT2D eigenvalue weighted by Gasteiger charge is -2.07. The number of benzene rings is 2. The second kappa shape index (κ2) is 7.60. The van der Waals surface area contributed by atoms with E-state index in [1.807, 2.05) is 0 Å². The first-order valence-electron chi connectivity index (χ1n) is 7.95. The number of hydrogen-bond acceptors (Lipinski definition) is 6. The molecule has 0 spiro atoms. The lowest BCUT2D eigenvalue weighted by molar-refractivity contribution is 0.101. The first-order chi connectivity index (χ1) is 12.5. The molecular weight excluding hydrogens is 334 g/mol. The molecule has 3 aromatic rings. The molecule has 132 valence electrons. The van der Waals surface area contributed by atoms with Gasteiger partial charge in [-0.2, -0.15) is 4.98 Å². The fourth-order valence-electron chi connectivity index (χ4n) is 2.24. The molecule has 3 rings (SSSR count). The fourth-order valence-corrected chi connectivity index (χ4v) is 2.24. The molecule has 0 radical (unpaired) electrons. The van der Waals surface area contributed by atoms with Crippen molar-refractivity contribution in [1.29, 1.82) is 0 Å². The number of carbonyl (C=O) groups excluding carboxylic acids is 2. The van der Waals surface area contributed by atoms with Crippen molar-refractivity contribution in [1.82, 2.24) is 10.1 Å². The monoisotopic (exact) mass is 351 g/mol. The van der Waals surface area contributed by atoms with Crippen LogP contribution < -0.4 is 10.1 Å². The molecule has 7 nitrogen and oxygen atoms in total. The van der Waals surface area contributed by atoms with Crippen LogP contribution in [0.2, 0.25) is 0 Å². The van der Waals surface area contributed by atoms with E-state index in [9.17, 15) is 9.59 Å². The smallest absolute Gasteiger partial charge is 0.255 e. The second-order valence-corrected chi connectivity index (χ2v) is 5.63.